The van der Waals surface area contributed by atoms with Crippen molar-refractivity contribution in [3.8, 4) is 11.4 Å². The van der Waals surface area contributed by atoms with E-state index in [1.165, 1.54) is 22.7 Å². The second kappa shape index (κ2) is 8.38. The van der Waals surface area contributed by atoms with Crippen molar-refractivity contribution >= 4 is 17.6 Å². The molecule has 1 unspecified atom stereocenters. The van der Waals surface area contributed by atoms with Crippen LogP contribution >= 0.6 is 0 Å². The summed E-state index contributed by atoms with van der Waals surface area (Å²) in [7, 11) is 0. The van der Waals surface area contributed by atoms with Crippen LogP contribution in [0.4, 0.5) is 32.6 Å². The van der Waals surface area contributed by atoms with Crippen LogP contribution in [0.2, 0.25) is 0 Å². The Kier molecular flexibility index (Phi) is 5.84. The topological polar surface area (TPSA) is 103 Å². The van der Waals surface area contributed by atoms with Crippen LogP contribution in [0.15, 0.2) is 36.7 Å². The molecule has 1 fully saturated rings. The number of rotatable bonds is 4. The molecule has 1 amide bonds. The van der Waals surface area contributed by atoms with Gasteiger partial charge in [0.25, 0.3) is 0 Å². The van der Waals surface area contributed by atoms with E-state index in [0.717, 1.165) is 23.2 Å². The minimum Gasteiger partial charge on any atom is -0.465 e. The zero-order valence-electron chi connectivity index (χ0n) is 17.7. The number of carboxylic acid groups (broad SMARTS) is 1. The number of fused-ring (bicyclic) bond motifs is 1. The van der Waals surface area contributed by atoms with Gasteiger partial charge in [-0.3, -0.25) is 4.40 Å². The van der Waals surface area contributed by atoms with Gasteiger partial charge in [-0.15, -0.1) is 0 Å². The third kappa shape index (κ3) is 4.22. The van der Waals surface area contributed by atoms with Gasteiger partial charge in [-0.2, -0.15) is 13.2 Å². The number of hydrogen-bond acceptors (Lipinski definition) is 5. The SMILES string of the molecule is CC(O)(c1ccc2ncc(-c3ccc(F)c(N[C@H]4CN(C(=O)O)CC[C@@H]4F)n3)n2c1)C(F)(F)F. The van der Waals surface area contributed by atoms with Crippen LogP contribution in [0.5, 0.6) is 0 Å². The summed E-state index contributed by atoms with van der Waals surface area (Å²) in [6, 6.07) is 3.67. The number of alkyl halides is 4. The normalized spacial score (nSPS) is 20.9. The average molecular weight is 485 g/mol. The predicted molar refractivity (Wildman–Crippen MR) is 111 cm³/mol. The molecule has 34 heavy (non-hydrogen) atoms. The highest BCUT2D eigenvalue weighted by Gasteiger charge is 2.51. The highest BCUT2D eigenvalue weighted by Crippen LogP contribution is 2.38. The molecule has 0 bridgehead atoms. The summed E-state index contributed by atoms with van der Waals surface area (Å²) in [5.74, 6) is -1.16. The van der Waals surface area contributed by atoms with Gasteiger partial charge in [-0.1, -0.05) is 6.07 Å². The molecular formula is C21H20F5N5O3. The number of carbonyl (C=O) groups is 1. The van der Waals surface area contributed by atoms with E-state index in [9.17, 15) is 31.9 Å². The lowest BCUT2D eigenvalue weighted by atomic mass is 9.97. The Morgan fingerprint density at radius 3 is 2.65 bits per heavy atom. The van der Waals surface area contributed by atoms with Crippen molar-refractivity contribution in [3.05, 3.63) is 48.0 Å². The van der Waals surface area contributed by atoms with E-state index in [0.29, 0.717) is 6.92 Å². The molecule has 3 aromatic rings. The fraction of sp³-hybridized carbons (Fsp3) is 0.381. The second-order valence-electron chi connectivity index (χ2n) is 8.17. The van der Waals surface area contributed by atoms with Gasteiger partial charge in [0, 0.05) is 24.8 Å². The van der Waals surface area contributed by atoms with E-state index in [-0.39, 0.29) is 42.4 Å². The first-order chi connectivity index (χ1) is 15.9. The quantitative estimate of drug-likeness (QED) is 0.486. The van der Waals surface area contributed by atoms with Crippen LogP contribution in [0.3, 0.4) is 0 Å². The number of pyridine rings is 2. The number of likely N-dealkylation sites (tertiary alicyclic amines) is 1. The summed E-state index contributed by atoms with van der Waals surface area (Å²) in [4.78, 5) is 20.5. The average Bonchev–Trinajstić information content (AvgIpc) is 3.19. The van der Waals surface area contributed by atoms with Crippen molar-refractivity contribution in [3.63, 3.8) is 0 Å². The minimum absolute atomic E-state index is 0.0104. The molecule has 0 saturated carbocycles. The standard InChI is InChI=1S/C21H20F5N5O3/c1-20(34,21(24,25)26)11-2-5-17-27-8-16(31(17)9-11)14-4-3-13(23)18(28-14)29-15-10-30(19(32)33)7-6-12(15)22/h2-5,8-9,12,15,34H,6-7,10H2,1H3,(H,28,29)(H,32,33)/t12-,15-,20?/m0/s1. The van der Waals surface area contributed by atoms with Crippen molar-refractivity contribution in [1.82, 2.24) is 19.3 Å². The lowest BCUT2D eigenvalue weighted by molar-refractivity contribution is -0.259. The first kappa shape index (κ1) is 23.7. The van der Waals surface area contributed by atoms with E-state index < -0.39 is 41.5 Å². The van der Waals surface area contributed by atoms with E-state index >= 15 is 0 Å². The molecule has 1 aliphatic heterocycles. The summed E-state index contributed by atoms with van der Waals surface area (Å²) in [5, 5.41) is 21.8. The highest BCUT2D eigenvalue weighted by molar-refractivity contribution is 5.65. The molecule has 4 rings (SSSR count). The number of nitrogens with zero attached hydrogens (tertiary/aromatic N) is 4. The van der Waals surface area contributed by atoms with Gasteiger partial charge < -0.3 is 20.4 Å². The van der Waals surface area contributed by atoms with E-state index in [4.69, 9.17) is 5.11 Å². The minimum atomic E-state index is -4.93. The molecule has 0 radical (unpaired) electrons. The summed E-state index contributed by atoms with van der Waals surface area (Å²) in [6.07, 6.45) is -5.29. The zero-order valence-corrected chi connectivity index (χ0v) is 17.7. The largest absolute Gasteiger partial charge is 0.465 e. The van der Waals surface area contributed by atoms with Crippen molar-refractivity contribution in [2.45, 2.75) is 37.3 Å². The Labute approximate surface area is 189 Å². The van der Waals surface area contributed by atoms with E-state index in [1.807, 2.05) is 0 Å². The molecular weight excluding hydrogens is 465 g/mol. The number of aromatic nitrogens is 3. The van der Waals surface area contributed by atoms with Gasteiger partial charge in [-0.05, 0) is 31.5 Å². The Morgan fingerprint density at radius 2 is 1.97 bits per heavy atom. The molecule has 0 spiro atoms. The van der Waals surface area contributed by atoms with Crippen molar-refractivity contribution in [2.24, 2.45) is 0 Å². The predicted octanol–water partition coefficient (Wildman–Crippen LogP) is 3.81. The molecule has 8 nitrogen and oxygen atoms in total. The van der Waals surface area contributed by atoms with Gasteiger partial charge in [0.2, 0.25) is 0 Å². The molecule has 0 aliphatic carbocycles. The Hall–Kier alpha value is -3.48. The van der Waals surface area contributed by atoms with Gasteiger partial charge >= 0.3 is 12.3 Å². The van der Waals surface area contributed by atoms with Crippen LogP contribution in [0.1, 0.15) is 18.9 Å². The van der Waals surface area contributed by atoms with E-state index in [2.05, 4.69) is 15.3 Å². The van der Waals surface area contributed by atoms with Crippen molar-refractivity contribution < 1.29 is 37.0 Å². The van der Waals surface area contributed by atoms with Crippen LogP contribution in [0.25, 0.3) is 17.0 Å². The molecule has 3 aromatic heterocycles. The summed E-state index contributed by atoms with van der Waals surface area (Å²) >= 11 is 0. The second-order valence-corrected chi connectivity index (χ2v) is 8.17. The summed E-state index contributed by atoms with van der Waals surface area (Å²) < 4.78 is 70.0. The van der Waals surface area contributed by atoms with Gasteiger partial charge in [0.1, 0.15) is 11.8 Å². The molecule has 0 aromatic carbocycles. The Balaban J connectivity index is 1.69. The molecule has 1 saturated heterocycles. The number of amides is 1. The lowest BCUT2D eigenvalue weighted by Crippen LogP contribution is -2.50. The van der Waals surface area contributed by atoms with Gasteiger partial charge in [-0.25, -0.2) is 23.5 Å². The lowest BCUT2D eigenvalue weighted by Gasteiger charge is -2.34. The number of aliphatic hydroxyl groups is 1. The monoisotopic (exact) mass is 485 g/mol. The number of halogens is 5. The fourth-order valence-electron chi connectivity index (χ4n) is 3.72. The molecule has 4 heterocycles. The third-order valence-electron chi connectivity index (χ3n) is 5.85. The summed E-state index contributed by atoms with van der Waals surface area (Å²) in [6.45, 7) is 0.421. The molecule has 182 valence electrons. The molecule has 13 heteroatoms. The van der Waals surface area contributed by atoms with Crippen LogP contribution < -0.4 is 5.32 Å². The van der Waals surface area contributed by atoms with Crippen LogP contribution in [-0.4, -0.2) is 67.1 Å². The zero-order chi connectivity index (χ0) is 24.8. The first-order valence-corrected chi connectivity index (χ1v) is 10.2. The summed E-state index contributed by atoms with van der Waals surface area (Å²) in [5.41, 5.74) is -3.00. The highest BCUT2D eigenvalue weighted by atomic mass is 19.4. The number of imidazole rings is 1. The number of nitrogens with one attached hydrogen (secondary N) is 1. The first-order valence-electron chi connectivity index (χ1n) is 10.2. The smallest absolute Gasteiger partial charge is 0.421 e. The fourth-order valence-corrected chi connectivity index (χ4v) is 3.72. The Morgan fingerprint density at radius 1 is 1.24 bits per heavy atom. The number of anilines is 1. The molecule has 3 atom stereocenters. The third-order valence-corrected chi connectivity index (χ3v) is 5.85. The Bertz CT molecular complexity index is 1230. The maximum Gasteiger partial charge on any atom is 0.421 e. The number of piperidine rings is 1. The molecule has 3 N–H and O–H groups in total. The van der Waals surface area contributed by atoms with Gasteiger partial charge in [0.05, 0.1) is 23.6 Å². The van der Waals surface area contributed by atoms with Crippen LogP contribution in [-0.2, 0) is 5.60 Å². The van der Waals surface area contributed by atoms with Crippen LogP contribution in [0, 0.1) is 5.82 Å². The molecule has 1 aliphatic rings. The number of hydrogen-bond donors (Lipinski definition) is 3. The van der Waals surface area contributed by atoms with Gasteiger partial charge in [0.15, 0.2) is 17.2 Å². The van der Waals surface area contributed by atoms with Crippen molar-refractivity contribution in [1.29, 1.82) is 0 Å². The maximum atomic E-state index is 14.5. The van der Waals surface area contributed by atoms with Crippen molar-refractivity contribution in [2.75, 3.05) is 18.4 Å². The van der Waals surface area contributed by atoms with E-state index in [1.54, 1.807) is 0 Å². The maximum absolute atomic E-state index is 14.5.